The van der Waals surface area contributed by atoms with Gasteiger partial charge < -0.3 is 9.73 Å². The quantitative estimate of drug-likeness (QED) is 0.467. The molecule has 0 saturated carbocycles. The van der Waals surface area contributed by atoms with Crippen LogP contribution >= 0.6 is 11.3 Å². The molecule has 0 saturated heterocycles. The number of carbonyl (C=O) groups excluding carboxylic acids is 1. The van der Waals surface area contributed by atoms with Crippen molar-refractivity contribution in [3.05, 3.63) is 102 Å². The molecule has 1 aliphatic heterocycles. The average molecular weight is 488 g/mol. The van der Waals surface area contributed by atoms with Crippen LogP contribution < -0.4 is 20.2 Å². The highest BCUT2D eigenvalue weighted by Gasteiger charge is 2.34. The summed E-state index contributed by atoms with van der Waals surface area (Å²) in [6, 6.07) is 12.1. The maximum absolute atomic E-state index is 13.7. The van der Waals surface area contributed by atoms with Crippen LogP contribution in [0, 0.1) is 13.8 Å². The van der Waals surface area contributed by atoms with Crippen LogP contribution in [-0.2, 0) is 11.3 Å². The molecular formula is C26H25N5O3S. The number of aryl methyl sites for hydroxylation is 3. The van der Waals surface area contributed by atoms with E-state index in [2.05, 4.69) is 15.4 Å². The predicted octanol–water partition coefficient (Wildman–Crippen LogP) is 3.30. The molecule has 9 heteroatoms. The first kappa shape index (κ1) is 22.8. The van der Waals surface area contributed by atoms with E-state index in [1.54, 1.807) is 17.6 Å². The van der Waals surface area contributed by atoms with Crippen LogP contribution in [0.15, 0.2) is 74.1 Å². The number of hydrogen-bond donors (Lipinski definition) is 1. The van der Waals surface area contributed by atoms with Gasteiger partial charge in [-0.15, -0.1) is 0 Å². The SMILES string of the molecule is CCn1cc(C=c2sc3n(c2=O)[C@H](c2ccc(C)o2)C(C(=O)Nc2ccccc2)=C(C)N=3)c(C)n1. The maximum atomic E-state index is 13.7. The van der Waals surface area contributed by atoms with Crippen molar-refractivity contribution in [3.63, 3.8) is 0 Å². The number of benzene rings is 1. The van der Waals surface area contributed by atoms with Gasteiger partial charge in [-0.2, -0.15) is 5.10 Å². The van der Waals surface area contributed by atoms with E-state index in [4.69, 9.17) is 4.42 Å². The summed E-state index contributed by atoms with van der Waals surface area (Å²) < 4.78 is 9.86. The van der Waals surface area contributed by atoms with Gasteiger partial charge >= 0.3 is 0 Å². The fourth-order valence-corrected chi connectivity index (χ4v) is 5.22. The molecule has 1 aromatic carbocycles. The number of nitrogens with zero attached hydrogens (tertiary/aromatic N) is 4. The van der Waals surface area contributed by atoms with Crippen LogP contribution in [0.1, 0.15) is 42.7 Å². The predicted molar refractivity (Wildman–Crippen MR) is 135 cm³/mol. The molecule has 1 amide bonds. The number of anilines is 1. The third kappa shape index (κ3) is 4.19. The minimum absolute atomic E-state index is 0.228. The lowest BCUT2D eigenvalue weighted by Crippen LogP contribution is -2.40. The van der Waals surface area contributed by atoms with E-state index in [1.807, 2.05) is 74.1 Å². The summed E-state index contributed by atoms with van der Waals surface area (Å²) in [6.45, 7) is 8.30. The molecule has 0 unspecified atom stereocenters. The summed E-state index contributed by atoms with van der Waals surface area (Å²) in [5.41, 5.74) is 3.06. The minimum atomic E-state index is -0.731. The van der Waals surface area contributed by atoms with E-state index in [9.17, 15) is 9.59 Å². The molecule has 1 atom stereocenters. The van der Waals surface area contributed by atoms with Crippen molar-refractivity contribution in [3.8, 4) is 0 Å². The number of carbonyl (C=O) groups is 1. The molecule has 1 N–H and O–H groups in total. The molecule has 5 rings (SSSR count). The van der Waals surface area contributed by atoms with Crippen LogP contribution in [0.5, 0.6) is 0 Å². The summed E-state index contributed by atoms with van der Waals surface area (Å²) in [5, 5.41) is 7.40. The van der Waals surface area contributed by atoms with Crippen molar-refractivity contribution in [2.24, 2.45) is 4.99 Å². The number of fused-ring (bicyclic) bond motifs is 1. The lowest BCUT2D eigenvalue weighted by molar-refractivity contribution is -0.113. The van der Waals surface area contributed by atoms with Gasteiger partial charge in [-0.05, 0) is 58.0 Å². The molecular weight excluding hydrogens is 462 g/mol. The fraction of sp³-hybridized carbons (Fsp3) is 0.231. The van der Waals surface area contributed by atoms with Crippen LogP contribution in [0.3, 0.4) is 0 Å². The summed E-state index contributed by atoms with van der Waals surface area (Å²) in [7, 11) is 0. The Labute approximate surface area is 205 Å². The Kier molecular flexibility index (Phi) is 5.86. The molecule has 0 aliphatic carbocycles. The Morgan fingerprint density at radius 3 is 2.60 bits per heavy atom. The van der Waals surface area contributed by atoms with Crippen LogP contribution in [0.25, 0.3) is 6.08 Å². The number of thiazole rings is 1. The largest absolute Gasteiger partial charge is 0.464 e. The van der Waals surface area contributed by atoms with Crippen LogP contribution in [0.4, 0.5) is 5.69 Å². The molecule has 35 heavy (non-hydrogen) atoms. The zero-order valence-electron chi connectivity index (χ0n) is 19.9. The van der Waals surface area contributed by atoms with Gasteiger partial charge in [0.2, 0.25) is 0 Å². The van der Waals surface area contributed by atoms with Gasteiger partial charge in [-0.1, -0.05) is 29.5 Å². The fourth-order valence-electron chi connectivity index (χ4n) is 4.18. The number of rotatable bonds is 5. The Balaban J connectivity index is 1.67. The molecule has 8 nitrogen and oxygen atoms in total. The molecule has 0 spiro atoms. The summed E-state index contributed by atoms with van der Waals surface area (Å²) in [6.07, 6.45) is 3.76. The Bertz CT molecular complexity index is 1640. The number of furan rings is 1. The van der Waals surface area contributed by atoms with E-state index in [0.29, 0.717) is 37.8 Å². The van der Waals surface area contributed by atoms with Crippen molar-refractivity contribution >= 4 is 29.0 Å². The third-order valence-corrected chi connectivity index (χ3v) is 6.91. The monoisotopic (exact) mass is 487 g/mol. The van der Waals surface area contributed by atoms with Crippen molar-refractivity contribution in [1.82, 2.24) is 14.3 Å². The Hall–Kier alpha value is -3.98. The van der Waals surface area contributed by atoms with Crippen LogP contribution in [0.2, 0.25) is 0 Å². The van der Waals surface area contributed by atoms with Gasteiger partial charge in [0.05, 0.1) is 21.5 Å². The first-order chi connectivity index (χ1) is 16.9. The molecule has 0 radical (unpaired) electrons. The second-order valence-corrected chi connectivity index (χ2v) is 9.39. The van der Waals surface area contributed by atoms with E-state index in [1.165, 1.54) is 11.3 Å². The molecule has 4 aromatic rings. The van der Waals surface area contributed by atoms with Gasteiger partial charge in [0, 0.05) is 24.0 Å². The average Bonchev–Trinajstić information content (AvgIpc) is 3.51. The van der Waals surface area contributed by atoms with Gasteiger partial charge in [0.15, 0.2) is 4.80 Å². The highest BCUT2D eigenvalue weighted by Crippen LogP contribution is 2.31. The van der Waals surface area contributed by atoms with E-state index in [-0.39, 0.29) is 11.5 Å². The lowest BCUT2D eigenvalue weighted by atomic mass is 10.00. The lowest BCUT2D eigenvalue weighted by Gasteiger charge is -2.23. The molecule has 1 aliphatic rings. The van der Waals surface area contributed by atoms with Gasteiger partial charge in [0.1, 0.15) is 17.6 Å². The van der Waals surface area contributed by atoms with Gasteiger partial charge in [-0.25, -0.2) is 4.99 Å². The molecule has 4 heterocycles. The topological polar surface area (TPSA) is 94.4 Å². The van der Waals surface area contributed by atoms with Gasteiger partial charge in [0.25, 0.3) is 11.5 Å². The number of amides is 1. The number of nitrogens with one attached hydrogen (secondary N) is 1. The normalized spacial score (nSPS) is 15.8. The van der Waals surface area contributed by atoms with Gasteiger partial charge in [-0.3, -0.25) is 18.8 Å². The highest BCUT2D eigenvalue weighted by atomic mass is 32.1. The molecule has 0 fully saturated rings. The summed E-state index contributed by atoms with van der Waals surface area (Å²) in [4.78, 5) is 32.3. The summed E-state index contributed by atoms with van der Waals surface area (Å²) in [5.74, 6) is 0.880. The number of aromatic nitrogens is 3. The number of allylic oxidation sites excluding steroid dienone is 1. The van der Waals surface area contributed by atoms with Crippen molar-refractivity contribution in [2.75, 3.05) is 5.32 Å². The first-order valence-corrected chi connectivity index (χ1v) is 12.2. The van der Waals surface area contributed by atoms with Crippen molar-refractivity contribution in [2.45, 2.75) is 40.3 Å². The first-order valence-electron chi connectivity index (χ1n) is 11.3. The molecule has 178 valence electrons. The van der Waals surface area contributed by atoms with Crippen LogP contribution in [-0.4, -0.2) is 20.3 Å². The standard InChI is InChI=1S/C26H25N5O3S/c1-5-30-14-18(16(3)29-30)13-21-25(33)31-23(20-12-11-15(2)34-20)22(17(4)27-26(31)35-21)24(32)28-19-9-7-6-8-10-19/h6-14,23H,5H2,1-4H3,(H,28,32)/t23-/m1/s1. The second-order valence-electron chi connectivity index (χ2n) is 8.38. The number of hydrogen-bond acceptors (Lipinski definition) is 6. The number of para-hydroxylation sites is 1. The highest BCUT2D eigenvalue weighted by molar-refractivity contribution is 7.07. The van der Waals surface area contributed by atoms with E-state index < -0.39 is 6.04 Å². The Morgan fingerprint density at radius 1 is 1.17 bits per heavy atom. The van der Waals surface area contributed by atoms with E-state index in [0.717, 1.165) is 17.8 Å². The Morgan fingerprint density at radius 2 is 1.94 bits per heavy atom. The van der Waals surface area contributed by atoms with Crippen molar-refractivity contribution in [1.29, 1.82) is 0 Å². The maximum Gasteiger partial charge on any atom is 0.271 e. The van der Waals surface area contributed by atoms with E-state index >= 15 is 0 Å². The molecule has 3 aromatic heterocycles. The smallest absolute Gasteiger partial charge is 0.271 e. The zero-order valence-corrected chi connectivity index (χ0v) is 20.7. The third-order valence-electron chi connectivity index (χ3n) is 5.92. The molecule has 0 bridgehead atoms. The minimum Gasteiger partial charge on any atom is -0.464 e. The second kappa shape index (κ2) is 8.99. The zero-order chi connectivity index (χ0) is 24.7. The summed E-state index contributed by atoms with van der Waals surface area (Å²) >= 11 is 1.29. The van der Waals surface area contributed by atoms with Crippen molar-refractivity contribution < 1.29 is 9.21 Å².